The zero-order chi connectivity index (χ0) is 12.7. The Kier molecular flexibility index (Phi) is 6.56. The van der Waals surface area contributed by atoms with Crippen molar-refractivity contribution in [2.24, 2.45) is 0 Å². The van der Waals surface area contributed by atoms with Crippen LogP contribution in [0, 0.1) is 0 Å². The van der Waals surface area contributed by atoms with E-state index in [2.05, 4.69) is 0 Å². The Morgan fingerprint density at radius 3 is 2.71 bits per heavy atom. The summed E-state index contributed by atoms with van der Waals surface area (Å²) in [5.74, 6) is 0.130. The highest BCUT2D eigenvalue weighted by Crippen LogP contribution is 2.21. The zero-order valence-corrected chi connectivity index (χ0v) is 11.4. The van der Waals surface area contributed by atoms with Gasteiger partial charge in [-0.05, 0) is 24.1 Å². The number of halogens is 2. The maximum Gasteiger partial charge on any atom is 0.139 e. The molecule has 0 aliphatic carbocycles. The zero-order valence-electron chi connectivity index (χ0n) is 9.84. The number of carbonyl (C=O) groups is 1. The van der Waals surface area contributed by atoms with Gasteiger partial charge in [0.2, 0.25) is 0 Å². The van der Waals surface area contributed by atoms with Crippen LogP contribution in [0.4, 0.5) is 0 Å². The summed E-state index contributed by atoms with van der Waals surface area (Å²) in [4.78, 5) is 11.6. The topological polar surface area (TPSA) is 26.3 Å². The number of hydrogen-bond acceptors (Lipinski definition) is 2. The lowest BCUT2D eigenvalue weighted by Gasteiger charge is -2.05. The number of Topliss-reactive ketones (excluding diaryl/α,β-unsaturated/α-hetero) is 1. The van der Waals surface area contributed by atoms with Gasteiger partial charge in [-0.3, -0.25) is 4.79 Å². The van der Waals surface area contributed by atoms with Gasteiger partial charge in [0.1, 0.15) is 5.78 Å². The molecule has 0 unspecified atom stereocenters. The van der Waals surface area contributed by atoms with E-state index in [0.717, 1.165) is 12.0 Å². The van der Waals surface area contributed by atoms with Crippen LogP contribution in [0.5, 0.6) is 0 Å². The molecule has 0 fully saturated rings. The highest BCUT2D eigenvalue weighted by atomic mass is 35.5. The Bertz CT molecular complexity index is 378. The molecule has 17 heavy (non-hydrogen) atoms. The van der Waals surface area contributed by atoms with Gasteiger partial charge in [-0.25, -0.2) is 0 Å². The number of carbonyl (C=O) groups excluding carboxylic acids is 1. The van der Waals surface area contributed by atoms with E-state index in [0.29, 0.717) is 36.1 Å². The average Bonchev–Trinajstić information content (AvgIpc) is 2.28. The lowest BCUT2D eigenvalue weighted by Crippen LogP contribution is -2.08. The number of hydrogen-bond donors (Lipinski definition) is 0. The van der Waals surface area contributed by atoms with Crippen molar-refractivity contribution >= 4 is 29.0 Å². The van der Waals surface area contributed by atoms with Crippen LogP contribution in [0.3, 0.4) is 0 Å². The predicted octanol–water partition coefficient (Wildman–Crippen LogP) is 3.92. The van der Waals surface area contributed by atoms with Gasteiger partial charge in [0.15, 0.2) is 0 Å². The fraction of sp³-hybridized carbons (Fsp3) is 0.462. The molecule has 1 rings (SSSR count). The van der Waals surface area contributed by atoms with Crippen LogP contribution >= 0.6 is 23.2 Å². The van der Waals surface area contributed by atoms with Gasteiger partial charge < -0.3 is 4.74 Å². The van der Waals surface area contributed by atoms with Crippen molar-refractivity contribution in [3.8, 4) is 0 Å². The largest absolute Gasteiger partial charge is 0.381 e. The summed E-state index contributed by atoms with van der Waals surface area (Å²) in [6, 6.07) is 5.18. The molecule has 1 aromatic rings. The lowest BCUT2D eigenvalue weighted by atomic mass is 10.1. The first-order valence-corrected chi connectivity index (χ1v) is 6.42. The van der Waals surface area contributed by atoms with E-state index in [1.54, 1.807) is 18.2 Å². The van der Waals surface area contributed by atoms with Crippen molar-refractivity contribution in [2.75, 3.05) is 13.2 Å². The fourth-order valence-electron chi connectivity index (χ4n) is 1.40. The Labute approximate surface area is 112 Å². The minimum absolute atomic E-state index is 0.130. The normalized spacial score (nSPS) is 10.5. The van der Waals surface area contributed by atoms with Crippen molar-refractivity contribution in [1.82, 2.24) is 0 Å². The van der Waals surface area contributed by atoms with Crippen LogP contribution < -0.4 is 0 Å². The molecule has 0 N–H and O–H groups in total. The van der Waals surface area contributed by atoms with Crippen LogP contribution in [0.15, 0.2) is 18.2 Å². The molecule has 94 valence electrons. The molecule has 4 heteroatoms. The Morgan fingerprint density at radius 1 is 1.29 bits per heavy atom. The number of rotatable bonds is 7. The van der Waals surface area contributed by atoms with Crippen molar-refractivity contribution < 1.29 is 9.53 Å². The molecule has 0 aliphatic rings. The third-order valence-electron chi connectivity index (χ3n) is 2.28. The van der Waals surface area contributed by atoms with Gasteiger partial charge in [0.25, 0.3) is 0 Å². The first-order valence-electron chi connectivity index (χ1n) is 5.67. The van der Waals surface area contributed by atoms with E-state index in [9.17, 15) is 4.79 Å². The number of ketones is 1. The Balaban J connectivity index is 2.40. The van der Waals surface area contributed by atoms with Gasteiger partial charge >= 0.3 is 0 Å². The van der Waals surface area contributed by atoms with E-state index in [1.807, 2.05) is 6.92 Å². The Hall–Kier alpha value is -0.570. The molecular formula is C13H16Cl2O2. The van der Waals surface area contributed by atoms with Gasteiger partial charge in [-0.15, -0.1) is 0 Å². The lowest BCUT2D eigenvalue weighted by molar-refractivity contribution is -0.119. The molecule has 0 aromatic heterocycles. The summed E-state index contributed by atoms with van der Waals surface area (Å²) in [5.41, 5.74) is 0.816. The van der Waals surface area contributed by atoms with E-state index in [-0.39, 0.29) is 5.78 Å². The highest BCUT2D eigenvalue weighted by Gasteiger charge is 2.07. The molecule has 0 bridgehead atoms. The van der Waals surface area contributed by atoms with E-state index < -0.39 is 0 Å². The quantitative estimate of drug-likeness (QED) is 0.705. The van der Waals surface area contributed by atoms with Gasteiger partial charge in [0, 0.05) is 29.5 Å². The maximum atomic E-state index is 11.6. The number of benzene rings is 1. The van der Waals surface area contributed by atoms with E-state index in [1.165, 1.54) is 0 Å². The van der Waals surface area contributed by atoms with Crippen molar-refractivity contribution in [3.05, 3.63) is 33.8 Å². The van der Waals surface area contributed by atoms with Crippen LogP contribution in [0.2, 0.25) is 10.0 Å². The monoisotopic (exact) mass is 274 g/mol. The molecule has 0 atom stereocenters. The van der Waals surface area contributed by atoms with Crippen LogP contribution in [0.1, 0.15) is 25.3 Å². The first-order chi connectivity index (χ1) is 8.13. The second-order valence-electron chi connectivity index (χ2n) is 3.81. The molecule has 0 saturated heterocycles. The summed E-state index contributed by atoms with van der Waals surface area (Å²) in [7, 11) is 0. The maximum absolute atomic E-state index is 11.6. The summed E-state index contributed by atoms with van der Waals surface area (Å²) in [6.07, 6.45) is 1.74. The standard InChI is InChI=1S/C13H16Cl2O2/c1-2-6-17-7-5-12(16)8-10-3-4-11(14)9-13(10)15/h3-4,9H,2,5-8H2,1H3. The minimum atomic E-state index is 0.130. The van der Waals surface area contributed by atoms with Crippen molar-refractivity contribution in [2.45, 2.75) is 26.2 Å². The first kappa shape index (κ1) is 14.5. The molecule has 0 aliphatic heterocycles. The highest BCUT2D eigenvalue weighted by molar-refractivity contribution is 6.35. The summed E-state index contributed by atoms with van der Waals surface area (Å²) in [5, 5.41) is 1.12. The van der Waals surface area contributed by atoms with Crippen LogP contribution in [-0.4, -0.2) is 19.0 Å². The van der Waals surface area contributed by atoms with Gasteiger partial charge in [-0.2, -0.15) is 0 Å². The predicted molar refractivity (Wildman–Crippen MR) is 70.9 cm³/mol. The minimum Gasteiger partial charge on any atom is -0.381 e. The van der Waals surface area contributed by atoms with Crippen LogP contribution in [-0.2, 0) is 16.0 Å². The van der Waals surface area contributed by atoms with Crippen molar-refractivity contribution in [3.63, 3.8) is 0 Å². The molecule has 0 radical (unpaired) electrons. The smallest absolute Gasteiger partial charge is 0.139 e. The molecule has 0 saturated carbocycles. The van der Waals surface area contributed by atoms with E-state index >= 15 is 0 Å². The van der Waals surface area contributed by atoms with Gasteiger partial charge in [0.05, 0.1) is 6.61 Å². The second-order valence-corrected chi connectivity index (χ2v) is 4.66. The van der Waals surface area contributed by atoms with Crippen LogP contribution in [0.25, 0.3) is 0 Å². The SMILES string of the molecule is CCCOCCC(=O)Cc1ccc(Cl)cc1Cl. The van der Waals surface area contributed by atoms with E-state index in [4.69, 9.17) is 27.9 Å². The average molecular weight is 275 g/mol. The Morgan fingerprint density at radius 2 is 2.06 bits per heavy atom. The molecule has 2 nitrogen and oxygen atoms in total. The van der Waals surface area contributed by atoms with Gasteiger partial charge in [-0.1, -0.05) is 36.2 Å². The summed E-state index contributed by atoms with van der Waals surface area (Å²) >= 11 is 11.8. The molecule has 0 spiro atoms. The molecule has 1 aromatic carbocycles. The summed E-state index contributed by atoms with van der Waals surface area (Å²) in [6.45, 7) is 3.22. The van der Waals surface area contributed by atoms with Crippen molar-refractivity contribution in [1.29, 1.82) is 0 Å². The summed E-state index contributed by atoms with van der Waals surface area (Å²) < 4.78 is 5.27. The molecular weight excluding hydrogens is 259 g/mol. The third kappa shape index (κ3) is 5.53. The molecule has 0 amide bonds. The fourth-order valence-corrected chi connectivity index (χ4v) is 1.87. The number of ether oxygens (including phenoxy) is 1. The third-order valence-corrected chi connectivity index (χ3v) is 2.86. The molecule has 0 heterocycles. The second kappa shape index (κ2) is 7.70.